The molecule has 112 valence electrons. The van der Waals surface area contributed by atoms with E-state index in [0.29, 0.717) is 6.42 Å². The smallest absolute Gasteiger partial charge is 0.155 e. The van der Waals surface area contributed by atoms with Crippen molar-refractivity contribution in [3.63, 3.8) is 0 Å². The van der Waals surface area contributed by atoms with Crippen LogP contribution in [0.25, 0.3) is 0 Å². The fourth-order valence-corrected chi connectivity index (χ4v) is 2.00. The van der Waals surface area contributed by atoms with Gasteiger partial charge in [-0.1, -0.05) is 76.4 Å². The normalized spacial score (nSPS) is 10.7. The first kappa shape index (κ1) is 18.6. The summed E-state index contributed by atoms with van der Waals surface area (Å²) in [6, 6.07) is 10.4. The first-order valence-electron chi connectivity index (χ1n) is 8.02. The molecule has 0 aliphatic heterocycles. The predicted octanol–water partition coefficient (Wildman–Crippen LogP) is 5.74. The van der Waals surface area contributed by atoms with E-state index in [4.69, 9.17) is 0 Å². The van der Waals surface area contributed by atoms with Crippen molar-refractivity contribution in [1.29, 1.82) is 0 Å². The highest BCUT2D eigenvalue weighted by atomic mass is 16.1. The van der Waals surface area contributed by atoms with Crippen molar-refractivity contribution in [2.75, 3.05) is 0 Å². The molecule has 1 heteroatoms. The summed E-state index contributed by atoms with van der Waals surface area (Å²) in [5, 5.41) is 0. The van der Waals surface area contributed by atoms with E-state index in [-0.39, 0.29) is 5.78 Å². The van der Waals surface area contributed by atoms with Crippen LogP contribution >= 0.6 is 0 Å². The minimum Gasteiger partial charge on any atom is -0.295 e. The van der Waals surface area contributed by atoms with Gasteiger partial charge in [0.15, 0.2) is 5.78 Å². The Morgan fingerprint density at radius 2 is 1.70 bits per heavy atom. The summed E-state index contributed by atoms with van der Waals surface area (Å²) in [6.45, 7) is 8.13. The molecule has 0 spiro atoms. The molecule has 0 saturated heterocycles. The zero-order valence-corrected chi connectivity index (χ0v) is 13.6. The summed E-state index contributed by atoms with van der Waals surface area (Å²) >= 11 is 0. The van der Waals surface area contributed by atoms with Crippen molar-refractivity contribution >= 4 is 5.78 Å². The lowest BCUT2D eigenvalue weighted by atomic mass is 9.98. The standard InChI is InChI=1S/C17H24O.C2H6/c1-3-5-7-12-16(14-17(18)4-2)13-15-10-8-6-9-11-15;1-2/h6,8-11,14H,3-5,7,12-13H2,1-2H3;1-2H3/b16-14+;. The molecule has 0 aliphatic rings. The summed E-state index contributed by atoms with van der Waals surface area (Å²) in [5.74, 6) is 0.248. The van der Waals surface area contributed by atoms with Crippen molar-refractivity contribution in [1.82, 2.24) is 0 Å². The Kier molecular flexibility index (Phi) is 11.8. The second-order valence-electron chi connectivity index (χ2n) is 4.74. The fraction of sp³-hybridized carbons (Fsp3) is 0.526. The van der Waals surface area contributed by atoms with Gasteiger partial charge < -0.3 is 0 Å². The van der Waals surface area contributed by atoms with Crippen molar-refractivity contribution in [3.8, 4) is 0 Å². The molecule has 0 bridgehead atoms. The minimum absolute atomic E-state index is 0.248. The van der Waals surface area contributed by atoms with Gasteiger partial charge in [0.05, 0.1) is 0 Å². The quantitative estimate of drug-likeness (QED) is 0.436. The molecular weight excluding hydrogens is 244 g/mol. The van der Waals surface area contributed by atoms with Gasteiger partial charge in [0.1, 0.15) is 0 Å². The molecule has 0 amide bonds. The van der Waals surface area contributed by atoms with Crippen molar-refractivity contribution in [3.05, 3.63) is 47.5 Å². The van der Waals surface area contributed by atoms with Crippen LogP contribution in [0.5, 0.6) is 0 Å². The Bertz CT molecular complexity index is 376. The Balaban J connectivity index is 0.00000172. The van der Waals surface area contributed by atoms with E-state index in [9.17, 15) is 4.79 Å². The van der Waals surface area contributed by atoms with Crippen LogP contribution in [0.15, 0.2) is 42.0 Å². The van der Waals surface area contributed by atoms with E-state index >= 15 is 0 Å². The fourth-order valence-electron chi connectivity index (χ4n) is 2.00. The van der Waals surface area contributed by atoms with Gasteiger partial charge in [0.25, 0.3) is 0 Å². The van der Waals surface area contributed by atoms with E-state index in [2.05, 4.69) is 31.2 Å². The Morgan fingerprint density at radius 1 is 1.05 bits per heavy atom. The molecule has 0 aromatic heterocycles. The number of hydrogen-bond acceptors (Lipinski definition) is 1. The van der Waals surface area contributed by atoms with Gasteiger partial charge in [-0.25, -0.2) is 0 Å². The van der Waals surface area contributed by atoms with Gasteiger partial charge >= 0.3 is 0 Å². The summed E-state index contributed by atoms with van der Waals surface area (Å²) in [5.41, 5.74) is 2.57. The molecule has 0 atom stereocenters. The SMILES string of the molecule is CC.CCCCC/C(=C\C(=O)CC)Cc1ccccc1. The zero-order chi connectivity index (χ0) is 15.2. The average molecular weight is 274 g/mol. The van der Waals surface area contributed by atoms with Gasteiger partial charge in [-0.3, -0.25) is 4.79 Å². The number of carbonyl (C=O) groups excluding carboxylic acids is 1. The summed E-state index contributed by atoms with van der Waals surface area (Å²) in [7, 11) is 0. The lowest BCUT2D eigenvalue weighted by Gasteiger charge is -2.07. The molecule has 1 nitrogen and oxygen atoms in total. The summed E-state index contributed by atoms with van der Waals surface area (Å²) in [6.07, 6.45) is 8.08. The molecule has 0 aliphatic carbocycles. The lowest BCUT2D eigenvalue weighted by Crippen LogP contribution is -1.97. The van der Waals surface area contributed by atoms with Crippen molar-refractivity contribution < 1.29 is 4.79 Å². The maximum atomic E-state index is 11.6. The molecule has 0 heterocycles. The number of benzene rings is 1. The molecule has 0 unspecified atom stereocenters. The summed E-state index contributed by atoms with van der Waals surface area (Å²) < 4.78 is 0. The van der Waals surface area contributed by atoms with Crippen LogP contribution in [0.3, 0.4) is 0 Å². The molecule has 0 N–H and O–H groups in total. The monoisotopic (exact) mass is 274 g/mol. The maximum Gasteiger partial charge on any atom is 0.155 e. The van der Waals surface area contributed by atoms with E-state index < -0.39 is 0 Å². The molecule has 1 aromatic rings. The van der Waals surface area contributed by atoms with Crippen molar-refractivity contribution in [2.45, 2.75) is 66.2 Å². The van der Waals surface area contributed by atoms with Gasteiger partial charge in [-0.2, -0.15) is 0 Å². The average Bonchev–Trinajstić information content (AvgIpc) is 2.50. The number of hydrogen-bond donors (Lipinski definition) is 0. The lowest BCUT2D eigenvalue weighted by molar-refractivity contribution is -0.114. The molecule has 0 radical (unpaired) electrons. The molecule has 1 aromatic carbocycles. The van der Waals surface area contributed by atoms with Gasteiger partial charge in [-0.05, 0) is 30.9 Å². The number of carbonyl (C=O) groups is 1. The van der Waals surface area contributed by atoms with Crippen LogP contribution in [0.1, 0.15) is 65.4 Å². The topological polar surface area (TPSA) is 17.1 Å². The zero-order valence-electron chi connectivity index (χ0n) is 13.6. The van der Waals surface area contributed by atoms with Crippen LogP contribution in [0, 0.1) is 0 Å². The van der Waals surface area contributed by atoms with Gasteiger partial charge in [0.2, 0.25) is 0 Å². The third-order valence-corrected chi connectivity index (χ3v) is 3.09. The Morgan fingerprint density at radius 3 is 2.25 bits per heavy atom. The highest BCUT2D eigenvalue weighted by Crippen LogP contribution is 2.15. The Labute approximate surface area is 125 Å². The first-order chi connectivity index (χ1) is 9.76. The van der Waals surface area contributed by atoms with Gasteiger partial charge in [-0.15, -0.1) is 0 Å². The van der Waals surface area contributed by atoms with E-state index in [0.717, 1.165) is 12.8 Å². The van der Waals surface area contributed by atoms with E-state index in [1.54, 1.807) is 0 Å². The van der Waals surface area contributed by atoms with E-state index in [1.165, 1.54) is 30.4 Å². The largest absolute Gasteiger partial charge is 0.295 e. The van der Waals surface area contributed by atoms with Crippen LogP contribution in [0.4, 0.5) is 0 Å². The molecule has 0 fully saturated rings. The summed E-state index contributed by atoms with van der Waals surface area (Å²) in [4.78, 5) is 11.6. The third-order valence-electron chi connectivity index (χ3n) is 3.09. The van der Waals surface area contributed by atoms with Crippen LogP contribution < -0.4 is 0 Å². The number of ketones is 1. The first-order valence-corrected chi connectivity index (χ1v) is 8.02. The van der Waals surface area contributed by atoms with Crippen LogP contribution in [0.2, 0.25) is 0 Å². The predicted molar refractivity (Wildman–Crippen MR) is 89.0 cm³/mol. The van der Waals surface area contributed by atoms with Crippen LogP contribution in [-0.2, 0) is 11.2 Å². The second kappa shape index (κ2) is 12.7. The van der Waals surface area contributed by atoms with E-state index in [1.807, 2.05) is 32.9 Å². The van der Waals surface area contributed by atoms with Gasteiger partial charge in [0, 0.05) is 6.42 Å². The highest BCUT2D eigenvalue weighted by molar-refractivity contribution is 5.90. The second-order valence-corrected chi connectivity index (χ2v) is 4.74. The number of rotatable bonds is 8. The van der Waals surface area contributed by atoms with Crippen molar-refractivity contribution in [2.24, 2.45) is 0 Å². The Hall–Kier alpha value is -1.37. The highest BCUT2D eigenvalue weighted by Gasteiger charge is 2.03. The molecular formula is C19H30O. The molecule has 20 heavy (non-hydrogen) atoms. The third kappa shape index (κ3) is 8.68. The molecule has 0 saturated carbocycles. The van der Waals surface area contributed by atoms with Crippen LogP contribution in [-0.4, -0.2) is 5.78 Å². The number of allylic oxidation sites excluding steroid dienone is 2. The minimum atomic E-state index is 0.248. The number of unbranched alkanes of at least 4 members (excludes halogenated alkanes) is 2. The maximum absolute atomic E-state index is 11.6. The molecule has 1 rings (SSSR count).